The number of imidazole rings is 1. The van der Waals surface area contributed by atoms with E-state index in [0.717, 1.165) is 22.3 Å². The third-order valence-electron chi connectivity index (χ3n) is 3.69. The Morgan fingerprint density at radius 3 is 2.61 bits per heavy atom. The summed E-state index contributed by atoms with van der Waals surface area (Å²) in [6.45, 7) is 1.81. The molecular weight excluding hydrogens is 290 g/mol. The van der Waals surface area contributed by atoms with Crippen molar-refractivity contribution in [3.8, 4) is 17.1 Å². The third-order valence-corrected chi connectivity index (χ3v) is 3.69. The number of para-hydroxylation sites is 2. The molecule has 1 atom stereocenters. The lowest BCUT2D eigenvalue weighted by atomic mass is 10.2. The van der Waals surface area contributed by atoms with Crippen molar-refractivity contribution in [2.24, 2.45) is 5.73 Å². The second kappa shape index (κ2) is 5.33. The van der Waals surface area contributed by atoms with E-state index < -0.39 is 0 Å². The van der Waals surface area contributed by atoms with Gasteiger partial charge in [0.05, 0.1) is 17.1 Å². The molecule has 0 aliphatic rings. The van der Waals surface area contributed by atoms with Crippen LogP contribution < -0.4 is 5.73 Å². The number of aromatic nitrogens is 4. The minimum atomic E-state index is -0.271. The van der Waals surface area contributed by atoms with Crippen LogP contribution in [-0.4, -0.2) is 19.7 Å². The summed E-state index contributed by atoms with van der Waals surface area (Å²) < 4.78 is 7.18. The highest BCUT2D eigenvalue weighted by atomic mass is 16.5. The van der Waals surface area contributed by atoms with Crippen molar-refractivity contribution >= 4 is 11.0 Å². The van der Waals surface area contributed by atoms with Crippen LogP contribution in [0.15, 0.2) is 59.4 Å². The van der Waals surface area contributed by atoms with E-state index in [9.17, 15) is 0 Å². The van der Waals surface area contributed by atoms with E-state index in [1.807, 2.05) is 66.3 Å². The fourth-order valence-electron chi connectivity index (χ4n) is 2.47. The zero-order valence-electron chi connectivity index (χ0n) is 12.5. The van der Waals surface area contributed by atoms with Crippen LogP contribution in [0, 0.1) is 0 Å². The molecular formula is C17H15N5O. The van der Waals surface area contributed by atoms with Gasteiger partial charge in [-0.1, -0.05) is 17.3 Å². The molecule has 0 spiro atoms. The van der Waals surface area contributed by atoms with E-state index in [1.165, 1.54) is 0 Å². The summed E-state index contributed by atoms with van der Waals surface area (Å²) in [7, 11) is 0. The molecule has 114 valence electrons. The Hall–Kier alpha value is -2.99. The van der Waals surface area contributed by atoms with Crippen LogP contribution in [0.25, 0.3) is 28.1 Å². The maximum Gasteiger partial charge on any atom is 0.243 e. The van der Waals surface area contributed by atoms with E-state index in [2.05, 4.69) is 15.1 Å². The van der Waals surface area contributed by atoms with E-state index in [1.54, 1.807) is 0 Å². The van der Waals surface area contributed by atoms with E-state index >= 15 is 0 Å². The Balaban J connectivity index is 1.70. The van der Waals surface area contributed by atoms with Crippen molar-refractivity contribution in [1.82, 2.24) is 19.7 Å². The molecule has 0 aliphatic carbocycles. The Kier molecular flexibility index (Phi) is 3.17. The van der Waals surface area contributed by atoms with E-state index in [4.69, 9.17) is 10.3 Å². The predicted molar refractivity (Wildman–Crippen MR) is 87.0 cm³/mol. The number of nitrogens with two attached hydrogens (primary N) is 1. The van der Waals surface area contributed by atoms with Crippen molar-refractivity contribution in [3.63, 3.8) is 0 Å². The minimum absolute atomic E-state index is 0.271. The number of hydrogen-bond donors (Lipinski definition) is 1. The molecule has 1 unspecified atom stereocenters. The lowest BCUT2D eigenvalue weighted by Gasteiger charge is -2.04. The minimum Gasteiger partial charge on any atom is -0.337 e. The van der Waals surface area contributed by atoms with E-state index in [0.29, 0.717) is 11.7 Å². The molecule has 0 bridgehead atoms. The molecule has 0 saturated carbocycles. The van der Waals surface area contributed by atoms with Gasteiger partial charge in [-0.25, -0.2) is 4.98 Å². The molecule has 23 heavy (non-hydrogen) atoms. The van der Waals surface area contributed by atoms with Gasteiger partial charge in [0, 0.05) is 11.3 Å². The third kappa shape index (κ3) is 2.39. The quantitative estimate of drug-likeness (QED) is 0.629. The van der Waals surface area contributed by atoms with Crippen LogP contribution in [0.3, 0.4) is 0 Å². The SMILES string of the molecule is CC(N)c1nc(-c2ccc(-n3cnc4ccccc43)cc2)no1. The van der Waals surface area contributed by atoms with Gasteiger partial charge < -0.3 is 10.3 Å². The van der Waals surface area contributed by atoms with Crippen LogP contribution in [0.1, 0.15) is 18.9 Å². The Morgan fingerprint density at radius 1 is 1.09 bits per heavy atom. The summed E-state index contributed by atoms with van der Waals surface area (Å²) in [4.78, 5) is 8.71. The highest BCUT2D eigenvalue weighted by Gasteiger charge is 2.12. The van der Waals surface area contributed by atoms with E-state index in [-0.39, 0.29) is 6.04 Å². The summed E-state index contributed by atoms with van der Waals surface area (Å²) in [6.07, 6.45) is 1.82. The maximum absolute atomic E-state index is 5.74. The molecule has 0 saturated heterocycles. The number of hydrogen-bond acceptors (Lipinski definition) is 5. The molecule has 0 fully saturated rings. The number of nitrogens with zero attached hydrogens (tertiary/aromatic N) is 4. The van der Waals surface area contributed by atoms with Crippen molar-refractivity contribution in [2.45, 2.75) is 13.0 Å². The van der Waals surface area contributed by atoms with Crippen molar-refractivity contribution in [3.05, 3.63) is 60.7 Å². The molecule has 0 amide bonds. The molecule has 6 heteroatoms. The normalized spacial score (nSPS) is 12.6. The second-order valence-corrected chi connectivity index (χ2v) is 5.40. The van der Waals surface area contributed by atoms with Crippen LogP contribution in [0.4, 0.5) is 0 Å². The van der Waals surface area contributed by atoms with Gasteiger partial charge >= 0.3 is 0 Å². The first-order chi connectivity index (χ1) is 11.2. The van der Waals surface area contributed by atoms with Crippen molar-refractivity contribution < 1.29 is 4.52 Å². The Labute approximate surface area is 132 Å². The fourth-order valence-corrected chi connectivity index (χ4v) is 2.47. The Morgan fingerprint density at radius 2 is 1.87 bits per heavy atom. The zero-order chi connectivity index (χ0) is 15.8. The predicted octanol–water partition coefficient (Wildman–Crippen LogP) is 3.10. The average molecular weight is 305 g/mol. The molecule has 0 aliphatic heterocycles. The van der Waals surface area contributed by atoms with Gasteiger partial charge in [-0.05, 0) is 43.3 Å². The molecule has 2 aromatic heterocycles. The van der Waals surface area contributed by atoms with Gasteiger partial charge in [-0.2, -0.15) is 4.98 Å². The first kappa shape index (κ1) is 13.7. The van der Waals surface area contributed by atoms with Crippen LogP contribution in [-0.2, 0) is 0 Å². The van der Waals surface area contributed by atoms with Crippen LogP contribution in [0.5, 0.6) is 0 Å². The van der Waals surface area contributed by atoms with Gasteiger partial charge in [0.15, 0.2) is 0 Å². The highest BCUT2D eigenvalue weighted by molar-refractivity contribution is 5.77. The molecule has 2 heterocycles. The lowest BCUT2D eigenvalue weighted by Crippen LogP contribution is -2.04. The molecule has 6 nitrogen and oxygen atoms in total. The lowest BCUT2D eigenvalue weighted by molar-refractivity contribution is 0.362. The monoisotopic (exact) mass is 305 g/mol. The van der Waals surface area contributed by atoms with Gasteiger partial charge in [0.25, 0.3) is 0 Å². The van der Waals surface area contributed by atoms with Crippen LogP contribution in [0.2, 0.25) is 0 Å². The molecule has 2 aromatic carbocycles. The van der Waals surface area contributed by atoms with Crippen molar-refractivity contribution in [2.75, 3.05) is 0 Å². The number of fused-ring (bicyclic) bond motifs is 1. The van der Waals surface area contributed by atoms with Gasteiger partial charge in [0.1, 0.15) is 6.33 Å². The fraction of sp³-hybridized carbons (Fsp3) is 0.118. The number of rotatable bonds is 3. The second-order valence-electron chi connectivity index (χ2n) is 5.40. The molecule has 2 N–H and O–H groups in total. The number of benzene rings is 2. The Bertz CT molecular complexity index is 952. The summed E-state index contributed by atoms with van der Waals surface area (Å²) in [6, 6.07) is 15.7. The maximum atomic E-state index is 5.74. The van der Waals surface area contributed by atoms with Gasteiger partial charge in [-0.15, -0.1) is 0 Å². The largest absolute Gasteiger partial charge is 0.337 e. The smallest absolute Gasteiger partial charge is 0.243 e. The average Bonchev–Trinajstić information content (AvgIpc) is 3.22. The van der Waals surface area contributed by atoms with Crippen LogP contribution >= 0.6 is 0 Å². The zero-order valence-corrected chi connectivity index (χ0v) is 12.5. The molecule has 4 aromatic rings. The summed E-state index contributed by atoms with van der Waals surface area (Å²) in [5, 5.41) is 3.96. The highest BCUT2D eigenvalue weighted by Crippen LogP contribution is 2.22. The van der Waals surface area contributed by atoms with Gasteiger partial charge in [0.2, 0.25) is 11.7 Å². The summed E-state index contributed by atoms with van der Waals surface area (Å²) >= 11 is 0. The molecule has 0 radical (unpaired) electrons. The topological polar surface area (TPSA) is 82.8 Å². The molecule has 4 rings (SSSR count). The first-order valence-corrected chi connectivity index (χ1v) is 7.34. The summed E-state index contributed by atoms with van der Waals surface area (Å²) in [5.41, 5.74) is 9.69. The van der Waals surface area contributed by atoms with Gasteiger partial charge in [-0.3, -0.25) is 4.57 Å². The standard InChI is InChI=1S/C17H15N5O/c1-11(18)17-20-16(21-23-17)12-6-8-13(9-7-12)22-10-19-14-4-2-3-5-15(14)22/h2-11H,18H2,1H3. The summed E-state index contributed by atoms with van der Waals surface area (Å²) in [5.74, 6) is 0.976. The first-order valence-electron chi connectivity index (χ1n) is 7.34. The van der Waals surface area contributed by atoms with Crippen molar-refractivity contribution in [1.29, 1.82) is 0 Å².